The molecular weight excluding hydrogens is 340 g/mol. The maximum atomic E-state index is 12.5. The number of nitrogens with zero attached hydrogens (tertiary/aromatic N) is 2. The van der Waals surface area contributed by atoms with E-state index in [1.54, 1.807) is 17.0 Å². The van der Waals surface area contributed by atoms with Gasteiger partial charge in [-0.25, -0.2) is 4.79 Å². The fourth-order valence-corrected chi connectivity index (χ4v) is 3.31. The third-order valence-corrected chi connectivity index (χ3v) is 4.78. The van der Waals surface area contributed by atoms with Gasteiger partial charge in [0.05, 0.1) is 0 Å². The van der Waals surface area contributed by atoms with Gasteiger partial charge in [-0.15, -0.1) is 0 Å². The van der Waals surface area contributed by atoms with Crippen LogP contribution in [0.4, 0.5) is 16.2 Å². The molecule has 0 saturated carbocycles. The molecule has 0 aromatic heterocycles. The Labute approximate surface area is 160 Å². The molecule has 2 aromatic carbocycles. The predicted octanol–water partition coefficient (Wildman–Crippen LogP) is 2.78. The number of para-hydroxylation sites is 1. The molecule has 0 bridgehead atoms. The van der Waals surface area contributed by atoms with Crippen molar-refractivity contribution in [1.29, 1.82) is 0 Å². The number of likely N-dealkylation sites (N-methyl/N-ethyl adjacent to an activating group) is 1. The van der Waals surface area contributed by atoms with Crippen molar-refractivity contribution >= 4 is 23.3 Å². The molecule has 6 nitrogen and oxygen atoms in total. The zero-order valence-corrected chi connectivity index (χ0v) is 15.9. The molecule has 0 radical (unpaired) electrons. The van der Waals surface area contributed by atoms with Crippen molar-refractivity contribution in [2.45, 2.75) is 13.8 Å². The van der Waals surface area contributed by atoms with Gasteiger partial charge in [-0.2, -0.15) is 0 Å². The average molecular weight is 366 g/mol. The van der Waals surface area contributed by atoms with Crippen molar-refractivity contribution in [2.24, 2.45) is 0 Å². The number of urea groups is 1. The van der Waals surface area contributed by atoms with Gasteiger partial charge in [0, 0.05) is 49.7 Å². The molecule has 27 heavy (non-hydrogen) atoms. The van der Waals surface area contributed by atoms with Crippen LogP contribution in [0.15, 0.2) is 48.5 Å². The summed E-state index contributed by atoms with van der Waals surface area (Å²) in [5.41, 5.74) is 3.72. The Morgan fingerprint density at radius 2 is 2.04 bits per heavy atom. The number of aryl methyl sites for hydroxylation is 1. The summed E-state index contributed by atoms with van der Waals surface area (Å²) in [6.45, 7) is 7.61. The second-order valence-electron chi connectivity index (χ2n) is 6.56. The molecule has 1 aliphatic heterocycles. The molecule has 1 heterocycles. The Balaban J connectivity index is 1.59. The Morgan fingerprint density at radius 3 is 2.74 bits per heavy atom. The minimum Gasteiger partial charge on any atom is -0.370 e. The van der Waals surface area contributed by atoms with Gasteiger partial charge in [0.25, 0.3) is 5.91 Å². The van der Waals surface area contributed by atoms with Crippen LogP contribution in [0.5, 0.6) is 0 Å². The first-order valence-corrected chi connectivity index (χ1v) is 9.34. The molecule has 1 fully saturated rings. The average Bonchev–Trinajstić information content (AvgIpc) is 3.12. The molecule has 3 amide bonds. The highest BCUT2D eigenvalue weighted by Gasteiger charge is 2.21. The van der Waals surface area contributed by atoms with Crippen LogP contribution in [0.3, 0.4) is 0 Å². The van der Waals surface area contributed by atoms with Gasteiger partial charge >= 0.3 is 6.03 Å². The van der Waals surface area contributed by atoms with E-state index in [-0.39, 0.29) is 11.9 Å². The highest BCUT2D eigenvalue weighted by atomic mass is 16.2. The smallest absolute Gasteiger partial charge is 0.321 e. The molecule has 0 spiro atoms. The lowest BCUT2D eigenvalue weighted by Crippen LogP contribution is -2.35. The van der Waals surface area contributed by atoms with E-state index >= 15 is 0 Å². The number of nitrogens with one attached hydrogen (secondary N) is 2. The molecule has 1 aliphatic rings. The summed E-state index contributed by atoms with van der Waals surface area (Å²) in [6.07, 6.45) is 0. The van der Waals surface area contributed by atoms with Gasteiger partial charge in [0.2, 0.25) is 0 Å². The summed E-state index contributed by atoms with van der Waals surface area (Å²) >= 11 is 0. The molecule has 2 N–H and O–H groups in total. The molecule has 2 aromatic rings. The first kappa shape index (κ1) is 18.8. The highest BCUT2D eigenvalue weighted by Crippen LogP contribution is 2.19. The molecule has 3 rings (SSSR count). The molecule has 0 unspecified atom stereocenters. The van der Waals surface area contributed by atoms with E-state index in [2.05, 4.69) is 41.5 Å². The summed E-state index contributed by atoms with van der Waals surface area (Å²) in [6, 6.07) is 15.3. The van der Waals surface area contributed by atoms with Crippen molar-refractivity contribution in [3.63, 3.8) is 0 Å². The number of hydrogen-bond acceptors (Lipinski definition) is 3. The SMILES string of the molecule is CCN(CCNC(=O)c1cccc(N2CCNC2=O)c1)c1ccccc1C. The van der Waals surface area contributed by atoms with Crippen LogP contribution < -0.4 is 20.4 Å². The normalized spacial score (nSPS) is 13.4. The number of anilines is 2. The van der Waals surface area contributed by atoms with Crippen LogP contribution in [-0.2, 0) is 0 Å². The van der Waals surface area contributed by atoms with E-state index in [0.29, 0.717) is 25.2 Å². The highest BCUT2D eigenvalue weighted by molar-refractivity contribution is 5.98. The monoisotopic (exact) mass is 366 g/mol. The Hall–Kier alpha value is -3.02. The lowest BCUT2D eigenvalue weighted by Gasteiger charge is -2.25. The Bertz CT molecular complexity index is 821. The van der Waals surface area contributed by atoms with Crippen LogP contribution in [0.2, 0.25) is 0 Å². The number of amides is 3. The van der Waals surface area contributed by atoms with E-state index < -0.39 is 0 Å². The standard InChI is InChI=1S/C21H26N4O2/c1-3-24(19-10-5-4-7-16(19)2)13-11-22-20(26)17-8-6-9-18(15-17)25-14-12-23-21(25)27/h4-10,15H,3,11-14H2,1-2H3,(H,22,26)(H,23,27). The van der Waals surface area contributed by atoms with E-state index in [1.165, 1.54) is 11.3 Å². The van der Waals surface area contributed by atoms with Crippen LogP contribution in [0.1, 0.15) is 22.8 Å². The zero-order chi connectivity index (χ0) is 19.2. The molecule has 142 valence electrons. The van der Waals surface area contributed by atoms with Gasteiger partial charge in [0.1, 0.15) is 0 Å². The van der Waals surface area contributed by atoms with Gasteiger partial charge in [-0.1, -0.05) is 24.3 Å². The number of benzene rings is 2. The zero-order valence-electron chi connectivity index (χ0n) is 15.9. The van der Waals surface area contributed by atoms with E-state index in [1.807, 2.05) is 24.3 Å². The molecule has 6 heteroatoms. The Kier molecular flexibility index (Phi) is 5.96. The summed E-state index contributed by atoms with van der Waals surface area (Å²) in [7, 11) is 0. The third kappa shape index (κ3) is 4.39. The van der Waals surface area contributed by atoms with Crippen molar-refractivity contribution in [2.75, 3.05) is 42.5 Å². The fraction of sp³-hybridized carbons (Fsp3) is 0.333. The predicted molar refractivity (Wildman–Crippen MR) is 109 cm³/mol. The van der Waals surface area contributed by atoms with Crippen LogP contribution in [0, 0.1) is 6.92 Å². The quantitative estimate of drug-likeness (QED) is 0.792. The van der Waals surface area contributed by atoms with E-state index in [4.69, 9.17) is 0 Å². The summed E-state index contributed by atoms with van der Waals surface area (Å²) in [5, 5.41) is 5.75. The van der Waals surface area contributed by atoms with Gasteiger partial charge in [0.15, 0.2) is 0 Å². The Morgan fingerprint density at radius 1 is 1.22 bits per heavy atom. The first-order valence-electron chi connectivity index (χ1n) is 9.34. The van der Waals surface area contributed by atoms with Gasteiger partial charge in [-0.3, -0.25) is 9.69 Å². The van der Waals surface area contributed by atoms with Crippen molar-refractivity contribution in [3.8, 4) is 0 Å². The summed E-state index contributed by atoms with van der Waals surface area (Å²) < 4.78 is 0. The molecule has 0 aliphatic carbocycles. The lowest BCUT2D eigenvalue weighted by molar-refractivity contribution is 0.0954. The van der Waals surface area contributed by atoms with E-state index in [0.717, 1.165) is 18.8 Å². The van der Waals surface area contributed by atoms with Crippen molar-refractivity contribution in [1.82, 2.24) is 10.6 Å². The van der Waals surface area contributed by atoms with Gasteiger partial charge < -0.3 is 15.5 Å². The minimum atomic E-state index is -0.128. The molecular formula is C21H26N4O2. The first-order chi connectivity index (χ1) is 13.1. The fourth-order valence-electron chi connectivity index (χ4n) is 3.31. The minimum absolute atomic E-state index is 0.121. The summed E-state index contributed by atoms with van der Waals surface area (Å²) in [4.78, 5) is 28.2. The maximum absolute atomic E-state index is 12.5. The topological polar surface area (TPSA) is 64.7 Å². The second-order valence-corrected chi connectivity index (χ2v) is 6.56. The van der Waals surface area contributed by atoms with Crippen molar-refractivity contribution < 1.29 is 9.59 Å². The maximum Gasteiger partial charge on any atom is 0.321 e. The second kappa shape index (κ2) is 8.58. The van der Waals surface area contributed by atoms with Gasteiger partial charge in [-0.05, 0) is 43.7 Å². The number of carbonyl (C=O) groups excluding carboxylic acids is 2. The van der Waals surface area contributed by atoms with Crippen LogP contribution >= 0.6 is 0 Å². The number of rotatable bonds is 7. The molecule has 1 saturated heterocycles. The number of carbonyl (C=O) groups is 2. The lowest BCUT2D eigenvalue weighted by atomic mass is 10.1. The largest absolute Gasteiger partial charge is 0.370 e. The third-order valence-electron chi connectivity index (χ3n) is 4.78. The van der Waals surface area contributed by atoms with E-state index in [9.17, 15) is 9.59 Å². The molecule has 0 atom stereocenters. The van der Waals surface area contributed by atoms with Crippen LogP contribution in [0.25, 0.3) is 0 Å². The van der Waals surface area contributed by atoms with Crippen molar-refractivity contribution in [3.05, 3.63) is 59.7 Å². The van der Waals surface area contributed by atoms with Crippen LogP contribution in [-0.4, -0.2) is 44.7 Å². The number of hydrogen-bond donors (Lipinski definition) is 2. The summed E-state index contributed by atoms with van der Waals surface area (Å²) in [5.74, 6) is -0.128.